The van der Waals surface area contributed by atoms with Gasteiger partial charge in [0.05, 0.1) is 11.7 Å². The van der Waals surface area contributed by atoms with Crippen molar-refractivity contribution in [3.8, 4) is 0 Å². The number of aromatic nitrogens is 1. The van der Waals surface area contributed by atoms with Crippen molar-refractivity contribution in [1.29, 1.82) is 0 Å². The van der Waals surface area contributed by atoms with E-state index < -0.39 is 0 Å². The van der Waals surface area contributed by atoms with Crippen LogP contribution >= 0.6 is 0 Å². The molecule has 0 aromatic carbocycles. The van der Waals surface area contributed by atoms with Gasteiger partial charge >= 0.3 is 0 Å². The minimum Gasteiger partial charge on any atom is -0.309 e. The Bertz CT molecular complexity index is 282. The second kappa shape index (κ2) is 3.83. The number of hydrogen-bond acceptors (Lipinski definition) is 2. The summed E-state index contributed by atoms with van der Waals surface area (Å²) in [5.74, 6) is -0.193. The normalized spacial score (nSPS) is 23.0. The Balaban J connectivity index is 2.18. The molecule has 2 heterocycles. The molecule has 1 fully saturated rings. The molecule has 0 aliphatic carbocycles. The summed E-state index contributed by atoms with van der Waals surface area (Å²) in [7, 11) is 0. The molecule has 1 aromatic rings. The van der Waals surface area contributed by atoms with Crippen LogP contribution in [0.3, 0.4) is 0 Å². The third kappa shape index (κ3) is 1.86. The average molecular weight is 180 g/mol. The van der Waals surface area contributed by atoms with Crippen molar-refractivity contribution in [2.75, 3.05) is 6.54 Å². The van der Waals surface area contributed by atoms with Crippen LogP contribution in [0.2, 0.25) is 0 Å². The summed E-state index contributed by atoms with van der Waals surface area (Å²) in [4.78, 5) is 4.06. The molecule has 1 aliphatic rings. The zero-order chi connectivity index (χ0) is 9.10. The van der Waals surface area contributed by atoms with E-state index in [-0.39, 0.29) is 11.9 Å². The van der Waals surface area contributed by atoms with Gasteiger partial charge in [-0.1, -0.05) is 6.42 Å². The molecular formula is C10H13FN2. The molecule has 0 radical (unpaired) electrons. The molecule has 70 valence electrons. The molecule has 2 rings (SSSR count). The van der Waals surface area contributed by atoms with Crippen molar-refractivity contribution in [3.05, 3.63) is 29.8 Å². The summed E-state index contributed by atoms with van der Waals surface area (Å²) < 4.78 is 13.3. The maximum atomic E-state index is 13.3. The van der Waals surface area contributed by atoms with Gasteiger partial charge in [-0.3, -0.25) is 4.98 Å². The monoisotopic (exact) mass is 180 g/mol. The van der Waals surface area contributed by atoms with Crippen LogP contribution in [0.5, 0.6) is 0 Å². The van der Waals surface area contributed by atoms with Crippen molar-refractivity contribution in [1.82, 2.24) is 10.3 Å². The third-order valence-corrected chi connectivity index (χ3v) is 2.43. The molecule has 1 atom stereocenters. The Hall–Kier alpha value is -0.960. The third-order valence-electron chi connectivity index (χ3n) is 2.43. The highest BCUT2D eigenvalue weighted by Crippen LogP contribution is 2.22. The van der Waals surface area contributed by atoms with Gasteiger partial charge in [-0.05, 0) is 31.5 Å². The van der Waals surface area contributed by atoms with Crippen LogP contribution in [0, 0.1) is 5.82 Å². The van der Waals surface area contributed by atoms with Crippen LogP contribution in [-0.2, 0) is 0 Å². The largest absolute Gasteiger partial charge is 0.309 e. The van der Waals surface area contributed by atoms with E-state index in [0.717, 1.165) is 19.4 Å². The molecule has 1 aliphatic heterocycles. The van der Waals surface area contributed by atoms with E-state index in [0.29, 0.717) is 5.69 Å². The molecule has 3 heteroatoms. The molecule has 0 spiro atoms. The number of piperidine rings is 1. The Labute approximate surface area is 77.2 Å². The predicted molar refractivity (Wildman–Crippen MR) is 48.8 cm³/mol. The first kappa shape index (κ1) is 8.63. The molecular weight excluding hydrogens is 167 g/mol. The molecule has 0 amide bonds. The molecule has 13 heavy (non-hydrogen) atoms. The highest BCUT2D eigenvalue weighted by molar-refractivity contribution is 5.12. The maximum Gasteiger partial charge on any atom is 0.146 e. The fraction of sp³-hybridized carbons (Fsp3) is 0.500. The standard InChI is InChI=1S/C10H13FN2/c11-8-4-3-7-13-10(8)9-5-1-2-6-12-9/h3-4,7,9,12H,1-2,5-6H2/t9-/m0/s1. The lowest BCUT2D eigenvalue weighted by atomic mass is 10.0. The van der Waals surface area contributed by atoms with Crippen LogP contribution in [0.4, 0.5) is 4.39 Å². The molecule has 1 N–H and O–H groups in total. The summed E-state index contributed by atoms with van der Waals surface area (Å²) >= 11 is 0. The van der Waals surface area contributed by atoms with E-state index in [1.54, 1.807) is 12.3 Å². The highest BCUT2D eigenvalue weighted by Gasteiger charge is 2.18. The topological polar surface area (TPSA) is 24.9 Å². The number of pyridine rings is 1. The SMILES string of the molecule is Fc1cccnc1[C@@H]1CCCCN1. The average Bonchev–Trinajstić information content (AvgIpc) is 2.20. The van der Waals surface area contributed by atoms with Gasteiger partial charge in [-0.15, -0.1) is 0 Å². The summed E-state index contributed by atoms with van der Waals surface area (Å²) in [5.41, 5.74) is 0.571. The van der Waals surface area contributed by atoms with E-state index in [2.05, 4.69) is 10.3 Å². The van der Waals surface area contributed by atoms with Crippen molar-refractivity contribution in [2.24, 2.45) is 0 Å². The zero-order valence-corrected chi connectivity index (χ0v) is 7.46. The van der Waals surface area contributed by atoms with Crippen LogP contribution in [-0.4, -0.2) is 11.5 Å². The summed E-state index contributed by atoms with van der Waals surface area (Å²) in [6.45, 7) is 0.973. The number of halogens is 1. The van der Waals surface area contributed by atoms with Crippen molar-refractivity contribution in [2.45, 2.75) is 25.3 Å². The van der Waals surface area contributed by atoms with Gasteiger partial charge in [0.1, 0.15) is 5.82 Å². The lowest BCUT2D eigenvalue weighted by molar-refractivity contribution is 0.391. The minimum absolute atomic E-state index is 0.120. The van der Waals surface area contributed by atoms with Gasteiger partial charge in [-0.25, -0.2) is 4.39 Å². The van der Waals surface area contributed by atoms with Crippen molar-refractivity contribution in [3.63, 3.8) is 0 Å². The number of rotatable bonds is 1. The lowest BCUT2D eigenvalue weighted by Crippen LogP contribution is -2.28. The first-order valence-corrected chi connectivity index (χ1v) is 4.72. The van der Waals surface area contributed by atoms with Crippen LogP contribution in [0.1, 0.15) is 31.0 Å². The molecule has 0 saturated carbocycles. The van der Waals surface area contributed by atoms with E-state index in [9.17, 15) is 4.39 Å². The fourth-order valence-electron chi connectivity index (χ4n) is 1.74. The Morgan fingerprint density at radius 2 is 2.38 bits per heavy atom. The molecule has 1 aromatic heterocycles. The number of nitrogens with one attached hydrogen (secondary N) is 1. The van der Waals surface area contributed by atoms with Gasteiger partial charge in [-0.2, -0.15) is 0 Å². The van der Waals surface area contributed by atoms with Crippen LogP contribution in [0.25, 0.3) is 0 Å². The van der Waals surface area contributed by atoms with Crippen molar-refractivity contribution >= 4 is 0 Å². The number of hydrogen-bond donors (Lipinski definition) is 1. The van der Waals surface area contributed by atoms with E-state index in [1.807, 2.05) is 0 Å². The van der Waals surface area contributed by atoms with Gasteiger partial charge in [0.15, 0.2) is 0 Å². The van der Waals surface area contributed by atoms with Crippen molar-refractivity contribution < 1.29 is 4.39 Å². The van der Waals surface area contributed by atoms with Gasteiger partial charge in [0.2, 0.25) is 0 Å². The molecule has 0 bridgehead atoms. The summed E-state index contributed by atoms with van der Waals surface area (Å²) in [6, 6.07) is 3.22. The minimum atomic E-state index is -0.193. The predicted octanol–water partition coefficient (Wildman–Crippen LogP) is 2.04. The molecule has 0 unspecified atom stereocenters. The Morgan fingerprint density at radius 1 is 1.46 bits per heavy atom. The molecule has 2 nitrogen and oxygen atoms in total. The van der Waals surface area contributed by atoms with E-state index >= 15 is 0 Å². The highest BCUT2D eigenvalue weighted by atomic mass is 19.1. The second-order valence-electron chi connectivity index (χ2n) is 3.37. The van der Waals surface area contributed by atoms with Crippen LogP contribution in [0.15, 0.2) is 18.3 Å². The maximum absolute atomic E-state index is 13.3. The summed E-state index contributed by atoms with van der Waals surface area (Å²) in [6.07, 6.45) is 4.99. The zero-order valence-electron chi connectivity index (χ0n) is 7.46. The summed E-state index contributed by atoms with van der Waals surface area (Å²) in [5, 5.41) is 3.27. The van der Waals surface area contributed by atoms with Gasteiger partial charge in [0, 0.05) is 6.20 Å². The number of nitrogens with zero attached hydrogens (tertiary/aromatic N) is 1. The fourth-order valence-corrected chi connectivity index (χ4v) is 1.74. The first-order valence-electron chi connectivity index (χ1n) is 4.72. The van der Waals surface area contributed by atoms with Gasteiger partial charge in [0.25, 0.3) is 0 Å². The second-order valence-corrected chi connectivity index (χ2v) is 3.37. The Kier molecular flexibility index (Phi) is 2.54. The lowest BCUT2D eigenvalue weighted by Gasteiger charge is -2.22. The van der Waals surface area contributed by atoms with Crippen LogP contribution < -0.4 is 5.32 Å². The van der Waals surface area contributed by atoms with E-state index in [1.165, 1.54) is 12.5 Å². The molecule has 1 saturated heterocycles. The Morgan fingerprint density at radius 3 is 3.08 bits per heavy atom. The quantitative estimate of drug-likeness (QED) is 0.715. The van der Waals surface area contributed by atoms with E-state index in [4.69, 9.17) is 0 Å². The smallest absolute Gasteiger partial charge is 0.146 e. The van der Waals surface area contributed by atoms with Gasteiger partial charge < -0.3 is 5.32 Å². The first-order chi connectivity index (χ1) is 6.38.